The molecule has 0 aromatic heterocycles. The summed E-state index contributed by atoms with van der Waals surface area (Å²) in [6.07, 6.45) is 1.03. The van der Waals surface area contributed by atoms with Gasteiger partial charge in [-0.2, -0.15) is 0 Å². The molecule has 0 spiro atoms. The maximum atomic E-state index is 5.71. The summed E-state index contributed by atoms with van der Waals surface area (Å²) in [5.41, 5.74) is 5.41. The van der Waals surface area contributed by atoms with Gasteiger partial charge in [0, 0.05) is 24.6 Å². The van der Waals surface area contributed by atoms with Crippen molar-refractivity contribution in [2.75, 3.05) is 6.61 Å². The average molecular weight is 267 g/mol. The number of rotatable bonds is 3. The number of para-hydroxylation sites is 1. The first-order chi connectivity index (χ1) is 9.75. The molecule has 0 saturated heterocycles. The highest BCUT2D eigenvalue weighted by atomic mass is 16.5. The highest BCUT2D eigenvalue weighted by Crippen LogP contribution is 2.31. The van der Waals surface area contributed by atoms with E-state index in [4.69, 9.17) is 4.74 Å². The molecule has 2 aromatic rings. The smallest absolute Gasteiger partial charge is 0.124 e. The lowest BCUT2D eigenvalue weighted by molar-refractivity contribution is 0.252. The lowest BCUT2D eigenvalue weighted by Crippen LogP contribution is -2.27. The van der Waals surface area contributed by atoms with Crippen LogP contribution in [-0.2, 0) is 6.54 Å². The van der Waals surface area contributed by atoms with Crippen LogP contribution in [0.15, 0.2) is 42.5 Å². The van der Waals surface area contributed by atoms with E-state index in [1.54, 1.807) is 0 Å². The Hall–Kier alpha value is -1.80. The van der Waals surface area contributed by atoms with Gasteiger partial charge in [0.1, 0.15) is 5.75 Å². The first-order valence-corrected chi connectivity index (χ1v) is 7.26. The normalized spacial score (nSPS) is 17.4. The molecule has 0 saturated carbocycles. The van der Waals surface area contributed by atoms with Gasteiger partial charge >= 0.3 is 0 Å². The van der Waals surface area contributed by atoms with Crippen LogP contribution in [-0.4, -0.2) is 6.61 Å². The molecular weight excluding hydrogens is 246 g/mol. The van der Waals surface area contributed by atoms with Gasteiger partial charge in [-0.05, 0) is 36.6 Å². The number of nitrogens with one attached hydrogen (secondary N) is 1. The fraction of sp³-hybridized carbons (Fsp3) is 0.333. The number of fused-ring (bicyclic) bond motifs is 1. The minimum atomic E-state index is 0.388. The maximum absolute atomic E-state index is 5.71. The molecule has 0 radical (unpaired) electrons. The molecule has 0 fully saturated rings. The van der Waals surface area contributed by atoms with Crippen LogP contribution in [0.2, 0.25) is 0 Å². The summed E-state index contributed by atoms with van der Waals surface area (Å²) < 4.78 is 5.71. The van der Waals surface area contributed by atoms with Crippen LogP contribution >= 0.6 is 0 Å². The standard InChI is InChI=1S/C18H21NO/c1-13-6-5-7-14(2)16(13)12-19-17-10-11-20-18-9-4-3-8-15(17)18/h3-9,17,19H,10-12H2,1-2H3. The molecule has 2 nitrogen and oxygen atoms in total. The highest BCUT2D eigenvalue weighted by Gasteiger charge is 2.20. The Kier molecular flexibility index (Phi) is 3.75. The first-order valence-electron chi connectivity index (χ1n) is 7.26. The van der Waals surface area contributed by atoms with Gasteiger partial charge < -0.3 is 10.1 Å². The van der Waals surface area contributed by atoms with E-state index in [-0.39, 0.29) is 0 Å². The first kappa shape index (κ1) is 13.2. The van der Waals surface area contributed by atoms with E-state index in [0.29, 0.717) is 6.04 Å². The number of benzene rings is 2. The summed E-state index contributed by atoms with van der Waals surface area (Å²) in [6.45, 7) is 6.07. The molecule has 1 N–H and O–H groups in total. The van der Waals surface area contributed by atoms with Crippen molar-refractivity contribution in [2.24, 2.45) is 0 Å². The second kappa shape index (κ2) is 5.68. The molecule has 3 rings (SSSR count). The van der Waals surface area contributed by atoms with Gasteiger partial charge in [0.25, 0.3) is 0 Å². The summed E-state index contributed by atoms with van der Waals surface area (Å²) in [5.74, 6) is 1.03. The van der Waals surface area contributed by atoms with Crippen LogP contribution in [0.1, 0.15) is 34.7 Å². The summed E-state index contributed by atoms with van der Waals surface area (Å²) >= 11 is 0. The van der Waals surface area contributed by atoms with Gasteiger partial charge in [-0.25, -0.2) is 0 Å². The van der Waals surface area contributed by atoms with Gasteiger partial charge in [0.2, 0.25) is 0 Å². The number of hydrogen-bond acceptors (Lipinski definition) is 2. The van der Waals surface area contributed by atoms with Crippen molar-refractivity contribution < 1.29 is 4.74 Å². The fourth-order valence-electron chi connectivity index (χ4n) is 2.91. The highest BCUT2D eigenvalue weighted by molar-refractivity contribution is 5.38. The van der Waals surface area contributed by atoms with Crippen LogP contribution in [0.5, 0.6) is 5.75 Å². The van der Waals surface area contributed by atoms with Crippen LogP contribution in [0.25, 0.3) is 0 Å². The van der Waals surface area contributed by atoms with Crippen LogP contribution in [0.4, 0.5) is 0 Å². The van der Waals surface area contributed by atoms with Crippen molar-refractivity contribution in [3.05, 3.63) is 64.7 Å². The van der Waals surface area contributed by atoms with Crippen molar-refractivity contribution in [1.29, 1.82) is 0 Å². The second-order valence-corrected chi connectivity index (χ2v) is 5.48. The van der Waals surface area contributed by atoms with Crippen molar-refractivity contribution >= 4 is 0 Å². The van der Waals surface area contributed by atoms with Crippen LogP contribution < -0.4 is 10.1 Å². The Balaban J connectivity index is 1.77. The van der Waals surface area contributed by atoms with Gasteiger partial charge in [0.05, 0.1) is 6.61 Å². The third-order valence-corrected chi connectivity index (χ3v) is 4.13. The molecule has 1 aliphatic heterocycles. The SMILES string of the molecule is Cc1cccc(C)c1CNC1CCOc2ccccc21. The van der Waals surface area contributed by atoms with Crippen molar-refractivity contribution in [3.8, 4) is 5.75 Å². The molecule has 0 bridgehead atoms. The van der Waals surface area contributed by atoms with Gasteiger partial charge in [-0.15, -0.1) is 0 Å². The Bertz CT molecular complexity index is 586. The fourth-order valence-corrected chi connectivity index (χ4v) is 2.91. The summed E-state index contributed by atoms with van der Waals surface area (Å²) in [6, 6.07) is 15.2. The van der Waals surface area contributed by atoms with E-state index < -0.39 is 0 Å². The number of ether oxygens (including phenoxy) is 1. The Morgan fingerprint density at radius 3 is 2.60 bits per heavy atom. The molecule has 1 unspecified atom stereocenters. The van der Waals surface area contributed by atoms with Crippen molar-refractivity contribution in [3.63, 3.8) is 0 Å². The molecule has 1 atom stereocenters. The van der Waals surface area contributed by atoms with E-state index in [1.165, 1.54) is 22.3 Å². The Labute approximate surface area is 120 Å². The summed E-state index contributed by atoms with van der Waals surface area (Å²) in [4.78, 5) is 0. The van der Waals surface area contributed by atoms with Crippen molar-refractivity contribution in [1.82, 2.24) is 5.32 Å². The predicted octanol–water partition coefficient (Wildman–Crippen LogP) is 3.92. The van der Waals surface area contributed by atoms with Gasteiger partial charge in [-0.1, -0.05) is 36.4 Å². The minimum absolute atomic E-state index is 0.388. The van der Waals surface area contributed by atoms with E-state index in [1.807, 2.05) is 6.07 Å². The zero-order valence-electron chi connectivity index (χ0n) is 12.1. The topological polar surface area (TPSA) is 21.3 Å². The zero-order valence-corrected chi connectivity index (χ0v) is 12.1. The average Bonchev–Trinajstić information content (AvgIpc) is 2.47. The van der Waals surface area contributed by atoms with Crippen molar-refractivity contribution in [2.45, 2.75) is 32.9 Å². The zero-order chi connectivity index (χ0) is 13.9. The molecule has 2 heteroatoms. The molecule has 104 valence electrons. The number of aryl methyl sites for hydroxylation is 2. The molecule has 1 aliphatic rings. The lowest BCUT2D eigenvalue weighted by Gasteiger charge is -2.27. The molecule has 0 amide bonds. The molecule has 0 aliphatic carbocycles. The summed E-state index contributed by atoms with van der Waals surface area (Å²) in [7, 11) is 0. The van der Waals surface area contributed by atoms with Gasteiger partial charge in [-0.3, -0.25) is 0 Å². The van der Waals surface area contributed by atoms with E-state index in [9.17, 15) is 0 Å². The third kappa shape index (κ3) is 2.56. The van der Waals surface area contributed by atoms with E-state index >= 15 is 0 Å². The van der Waals surface area contributed by atoms with Gasteiger partial charge in [0.15, 0.2) is 0 Å². The molecule has 20 heavy (non-hydrogen) atoms. The van der Waals surface area contributed by atoms with Crippen LogP contribution in [0.3, 0.4) is 0 Å². The third-order valence-electron chi connectivity index (χ3n) is 4.13. The monoisotopic (exact) mass is 267 g/mol. The van der Waals surface area contributed by atoms with E-state index in [0.717, 1.165) is 25.3 Å². The minimum Gasteiger partial charge on any atom is -0.493 e. The Morgan fingerprint density at radius 2 is 1.80 bits per heavy atom. The van der Waals surface area contributed by atoms with Crippen LogP contribution in [0, 0.1) is 13.8 Å². The molecule has 2 aromatic carbocycles. The number of hydrogen-bond donors (Lipinski definition) is 1. The molecular formula is C18H21NO. The lowest BCUT2D eigenvalue weighted by atomic mass is 9.98. The quantitative estimate of drug-likeness (QED) is 0.910. The predicted molar refractivity (Wildman–Crippen MR) is 82.1 cm³/mol. The largest absolute Gasteiger partial charge is 0.493 e. The summed E-state index contributed by atoms with van der Waals surface area (Å²) in [5, 5.41) is 3.70. The Morgan fingerprint density at radius 1 is 1.05 bits per heavy atom. The van der Waals surface area contributed by atoms with E-state index in [2.05, 4.69) is 55.6 Å². The second-order valence-electron chi connectivity index (χ2n) is 5.48. The maximum Gasteiger partial charge on any atom is 0.124 e. The molecule has 1 heterocycles.